The molecule has 0 aliphatic rings. The van der Waals surface area contributed by atoms with Gasteiger partial charge in [-0.05, 0) is 17.5 Å². The molecule has 0 aromatic heterocycles. The quantitative estimate of drug-likeness (QED) is 0.375. The van der Waals surface area contributed by atoms with Gasteiger partial charge in [0.2, 0.25) is 0 Å². The van der Waals surface area contributed by atoms with E-state index in [9.17, 15) is 4.79 Å². The first-order valence-corrected chi connectivity index (χ1v) is 8.40. The summed E-state index contributed by atoms with van der Waals surface area (Å²) in [5.74, 6) is 1.50. The zero-order chi connectivity index (χ0) is 14.6. The van der Waals surface area contributed by atoms with Crippen LogP contribution in [-0.4, -0.2) is 31.5 Å². The van der Waals surface area contributed by atoms with E-state index in [2.05, 4.69) is 0 Å². The molecule has 0 aliphatic heterocycles. The van der Waals surface area contributed by atoms with Gasteiger partial charge < -0.3 is 9.47 Å². The summed E-state index contributed by atoms with van der Waals surface area (Å²) in [5, 5.41) is 0. The standard InChI is InChI=1S/C15H21ClO3S/c1-2-7-18-8-9-19-15(17)12-20-11-14-5-3-13(10-16)4-6-14/h3-6H,2,7-12H2,1H3. The van der Waals surface area contributed by atoms with Gasteiger partial charge in [-0.2, -0.15) is 0 Å². The summed E-state index contributed by atoms with van der Waals surface area (Å²) in [4.78, 5) is 11.5. The smallest absolute Gasteiger partial charge is 0.315 e. The van der Waals surface area contributed by atoms with Crippen LogP contribution in [0.4, 0.5) is 0 Å². The summed E-state index contributed by atoms with van der Waals surface area (Å²) < 4.78 is 10.3. The number of hydrogen-bond donors (Lipinski definition) is 0. The number of ether oxygens (including phenoxy) is 2. The van der Waals surface area contributed by atoms with E-state index in [-0.39, 0.29) is 5.97 Å². The van der Waals surface area contributed by atoms with Gasteiger partial charge in [0.15, 0.2) is 0 Å². The van der Waals surface area contributed by atoms with Crippen LogP contribution in [0.15, 0.2) is 24.3 Å². The molecule has 0 bridgehead atoms. The van der Waals surface area contributed by atoms with Crippen molar-refractivity contribution in [3.8, 4) is 0 Å². The van der Waals surface area contributed by atoms with Crippen LogP contribution in [0, 0.1) is 0 Å². The van der Waals surface area contributed by atoms with Crippen LogP contribution in [-0.2, 0) is 25.9 Å². The highest BCUT2D eigenvalue weighted by atomic mass is 35.5. The molecule has 0 saturated carbocycles. The molecule has 0 unspecified atom stereocenters. The molecular weight excluding hydrogens is 296 g/mol. The predicted molar refractivity (Wildman–Crippen MR) is 84.2 cm³/mol. The minimum absolute atomic E-state index is 0.188. The Bertz CT molecular complexity index is 381. The first-order chi connectivity index (χ1) is 9.76. The normalized spacial score (nSPS) is 10.5. The highest BCUT2D eigenvalue weighted by Gasteiger charge is 2.03. The van der Waals surface area contributed by atoms with Crippen molar-refractivity contribution in [2.75, 3.05) is 25.6 Å². The van der Waals surface area contributed by atoms with Gasteiger partial charge >= 0.3 is 5.97 Å². The van der Waals surface area contributed by atoms with Crippen molar-refractivity contribution in [3.63, 3.8) is 0 Å². The van der Waals surface area contributed by atoms with E-state index in [1.165, 1.54) is 5.56 Å². The first-order valence-electron chi connectivity index (χ1n) is 6.71. The van der Waals surface area contributed by atoms with E-state index in [0.29, 0.717) is 31.5 Å². The van der Waals surface area contributed by atoms with E-state index < -0.39 is 0 Å². The number of rotatable bonds is 10. The minimum Gasteiger partial charge on any atom is -0.463 e. The van der Waals surface area contributed by atoms with E-state index in [4.69, 9.17) is 21.1 Å². The maximum atomic E-state index is 11.5. The molecule has 0 aliphatic carbocycles. The largest absolute Gasteiger partial charge is 0.463 e. The van der Waals surface area contributed by atoms with Crippen molar-refractivity contribution in [1.29, 1.82) is 0 Å². The van der Waals surface area contributed by atoms with Crippen LogP contribution < -0.4 is 0 Å². The first kappa shape index (κ1) is 17.3. The Kier molecular flexibility index (Phi) is 9.54. The van der Waals surface area contributed by atoms with Crippen molar-refractivity contribution < 1.29 is 14.3 Å². The Balaban J connectivity index is 2.08. The fourth-order valence-corrected chi connectivity index (χ4v) is 2.44. The van der Waals surface area contributed by atoms with Crippen molar-refractivity contribution in [2.24, 2.45) is 0 Å². The number of carbonyl (C=O) groups is 1. The molecule has 3 nitrogen and oxygen atoms in total. The molecular formula is C15H21ClO3S. The molecule has 0 fully saturated rings. The number of carbonyl (C=O) groups excluding carboxylic acids is 1. The summed E-state index contributed by atoms with van der Waals surface area (Å²) in [5.41, 5.74) is 2.29. The van der Waals surface area contributed by atoms with Crippen LogP contribution >= 0.6 is 23.4 Å². The monoisotopic (exact) mass is 316 g/mol. The van der Waals surface area contributed by atoms with Gasteiger partial charge in [-0.1, -0.05) is 31.2 Å². The second kappa shape index (κ2) is 11.0. The second-order valence-corrected chi connectivity index (χ2v) is 5.53. The van der Waals surface area contributed by atoms with E-state index >= 15 is 0 Å². The van der Waals surface area contributed by atoms with E-state index in [1.54, 1.807) is 11.8 Å². The number of thioether (sulfide) groups is 1. The van der Waals surface area contributed by atoms with Gasteiger partial charge in [-0.15, -0.1) is 23.4 Å². The Morgan fingerprint density at radius 2 is 1.85 bits per heavy atom. The number of esters is 1. The van der Waals surface area contributed by atoms with E-state index in [0.717, 1.165) is 17.7 Å². The molecule has 20 heavy (non-hydrogen) atoms. The molecule has 1 rings (SSSR count). The minimum atomic E-state index is -0.188. The highest BCUT2D eigenvalue weighted by Crippen LogP contribution is 2.14. The lowest BCUT2D eigenvalue weighted by Crippen LogP contribution is -2.12. The highest BCUT2D eigenvalue weighted by molar-refractivity contribution is 7.99. The van der Waals surface area contributed by atoms with Gasteiger partial charge in [0.1, 0.15) is 6.61 Å². The zero-order valence-corrected chi connectivity index (χ0v) is 13.3. The van der Waals surface area contributed by atoms with Crippen molar-refractivity contribution >= 4 is 29.3 Å². The maximum absolute atomic E-state index is 11.5. The van der Waals surface area contributed by atoms with Crippen LogP contribution in [0.2, 0.25) is 0 Å². The Morgan fingerprint density at radius 3 is 2.50 bits per heavy atom. The SMILES string of the molecule is CCCOCCOC(=O)CSCc1ccc(CCl)cc1. The van der Waals surface area contributed by atoms with Crippen LogP contribution in [0.1, 0.15) is 24.5 Å². The predicted octanol–water partition coefficient (Wildman–Crippen LogP) is 3.63. The molecule has 0 radical (unpaired) electrons. The summed E-state index contributed by atoms with van der Waals surface area (Å²) in [6.07, 6.45) is 0.978. The molecule has 112 valence electrons. The third-order valence-corrected chi connectivity index (χ3v) is 3.79. The molecule has 5 heteroatoms. The van der Waals surface area contributed by atoms with Gasteiger partial charge in [0.05, 0.1) is 12.4 Å². The molecule has 0 spiro atoms. The fraction of sp³-hybridized carbons (Fsp3) is 0.533. The number of alkyl halides is 1. The lowest BCUT2D eigenvalue weighted by atomic mass is 10.2. The summed E-state index contributed by atoms with van der Waals surface area (Å²) in [7, 11) is 0. The third-order valence-electron chi connectivity index (χ3n) is 2.51. The van der Waals surface area contributed by atoms with Crippen molar-refractivity contribution in [2.45, 2.75) is 25.0 Å². The van der Waals surface area contributed by atoms with Gasteiger partial charge in [-0.3, -0.25) is 4.79 Å². The molecule has 1 aromatic carbocycles. The molecule has 0 heterocycles. The number of benzene rings is 1. The second-order valence-electron chi connectivity index (χ2n) is 4.28. The maximum Gasteiger partial charge on any atom is 0.315 e. The van der Waals surface area contributed by atoms with Crippen LogP contribution in [0.25, 0.3) is 0 Å². The Labute approximate surface area is 130 Å². The summed E-state index contributed by atoms with van der Waals surface area (Å²) >= 11 is 7.28. The summed E-state index contributed by atoms with van der Waals surface area (Å²) in [6, 6.07) is 8.09. The molecule has 0 atom stereocenters. The topological polar surface area (TPSA) is 35.5 Å². The Hall–Kier alpha value is -0.710. The number of halogens is 1. The van der Waals surface area contributed by atoms with Gasteiger partial charge in [0.25, 0.3) is 0 Å². The summed E-state index contributed by atoms with van der Waals surface area (Å²) in [6.45, 7) is 3.57. The fourth-order valence-electron chi connectivity index (χ4n) is 1.48. The molecule has 0 saturated heterocycles. The lowest BCUT2D eigenvalue weighted by molar-refractivity contribution is -0.141. The van der Waals surface area contributed by atoms with Gasteiger partial charge in [-0.25, -0.2) is 0 Å². The van der Waals surface area contributed by atoms with Crippen LogP contribution in [0.3, 0.4) is 0 Å². The molecule has 0 amide bonds. The lowest BCUT2D eigenvalue weighted by Gasteiger charge is -2.06. The van der Waals surface area contributed by atoms with Gasteiger partial charge in [0, 0.05) is 18.2 Å². The van der Waals surface area contributed by atoms with Crippen molar-refractivity contribution in [1.82, 2.24) is 0 Å². The average molecular weight is 317 g/mol. The third kappa shape index (κ3) is 7.78. The molecule has 1 aromatic rings. The zero-order valence-electron chi connectivity index (χ0n) is 11.8. The number of hydrogen-bond acceptors (Lipinski definition) is 4. The van der Waals surface area contributed by atoms with Crippen LogP contribution in [0.5, 0.6) is 0 Å². The van der Waals surface area contributed by atoms with E-state index in [1.807, 2.05) is 31.2 Å². The Morgan fingerprint density at radius 1 is 1.15 bits per heavy atom. The van der Waals surface area contributed by atoms with Crippen molar-refractivity contribution in [3.05, 3.63) is 35.4 Å². The molecule has 0 N–H and O–H groups in total. The average Bonchev–Trinajstić information content (AvgIpc) is 2.48.